The first-order valence-electron chi connectivity index (χ1n) is 6.43. The number of hydrogen-bond acceptors (Lipinski definition) is 4. The number of nitrogen functional groups attached to an aromatic ring is 1. The van der Waals surface area contributed by atoms with E-state index in [0.29, 0.717) is 12.2 Å². The van der Waals surface area contributed by atoms with E-state index in [4.69, 9.17) is 10.8 Å². The Morgan fingerprint density at radius 1 is 1.61 bits per heavy atom. The van der Waals surface area contributed by atoms with Crippen LogP contribution in [0.25, 0.3) is 0 Å². The number of amides is 1. The van der Waals surface area contributed by atoms with Gasteiger partial charge in [0.15, 0.2) is 5.69 Å². The van der Waals surface area contributed by atoms with Crippen molar-refractivity contribution in [2.75, 3.05) is 18.9 Å². The molecule has 0 unspecified atom stereocenters. The SMILES string of the molecule is CCc1[nH]nc(C(=O)N(CCO)C2CCC2)c1N. The molecule has 0 spiro atoms. The lowest BCUT2D eigenvalue weighted by atomic mass is 9.91. The highest BCUT2D eigenvalue weighted by molar-refractivity contribution is 5.97. The zero-order valence-electron chi connectivity index (χ0n) is 10.6. The van der Waals surface area contributed by atoms with Crippen LogP contribution in [0.1, 0.15) is 42.4 Å². The number of hydrogen-bond donors (Lipinski definition) is 3. The van der Waals surface area contributed by atoms with E-state index in [-0.39, 0.29) is 24.2 Å². The number of aromatic nitrogens is 2. The molecule has 0 bridgehead atoms. The Kier molecular flexibility index (Phi) is 3.86. The van der Waals surface area contributed by atoms with Crippen molar-refractivity contribution in [3.8, 4) is 0 Å². The maximum Gasteiger partial charge on any atom is 0.276 e. The van der Waals surface area contributed by atoms with E-state index in [9.17, 15) is 4.79 Å². The first kappa shape index (κ1) is 12.9. The van der Waals surface area contributed by atoms with Gasteiger partial charge in [0.1, 0.15) is 0 Å². The summed E-state index contributed by atoms with van der Waals surface area (Å²) >= 11 is 0. The number of aliphatic hydroxyl groups is 1. The highest BCUT2D eigenvalue weighted by atomic mass is 16.3. The summed E-state index contributed by atoms with van der Waals surface area (Å²) in [5.41, 5.74) is 7.41. The minimum Gasteiger partial charge on any atom is -0.395 e. The molecule has 0 radical (unpaired) electrons. The van der Waals surface area contributed by atoms with Crippen molar-refractivity contribution in [1.29, 1.82) is 0 Å². The lowest BCUT2D eigenvalue weighted by molar-refractivity contribution is 0.0521. The molecule has 1 fully saturated rings. The average molecular weight is 252 g/mol. The summed E-state index contributed by atoms with van der Waals surface area (Å²) in [7, 11) is 0. The highest BCUT2D eigenvalue weighted by Crippen LogP contribution is 2.27. The molecule has 6 heteroatoms. The van der Waals surface area contributed by atoms with Gasteiger partial charge in [0.2, 0.25) is 0 Å². The molecular weight excluding hydrogens is 232 g/mol. The van der Waals surface area contributed by atoms with Gasteiger partial charge in [-0.1, -0.05) is 6.92 Å². The van der Waals surface area contributed by atoms with Crippen molar-refractivity contribution in [2.24, 2.45) is 0 Å². The molecule has 4 N–H and O–H groups in total. The van der Waals surface area contributed by atoms with Crippen LogP contribution in [-0.4, -0.2) is 45.3 Å². The van der Waals surface area contributed by atoms with Crippen molar-refractivity contribution in [3.63, 3.8) is 0 Å². The normalized spacial score (nSPS) is 15.4. The number of anilines is 1. The summed E-state index contributed by atoms with van der Waals surface area (Å²) in [6.45, 7) is 2.26. The number of nitrogens with one attached hydrogen (secondary N) is 1. The standard InChI is InChI=1S/C12H20N4O2/c1-2-9-10(13)11(15-14-9)12(18)16(6-7-17)8-4-3-5-8/h8,17H,2-7,13H2,1H3,(H,14,15). The van der Waals surface area contributed by atoms with Gasteiger partial charge in [-0.25, -0.2) is 0 Å². The Morgan fingerprint density at radius 2 is 2.33 bits per heavy atom. The second-order valence-corrected chi connectivity index (χ2v) is 4.62. The summed E-state index contributed by atoms with van der Waals surface area (Å²) in [5.74, 6) is -0.179. The maximum atomic E-state index is 12.4. The van der Waals surface area contributed by atoms with E-state index >= 15 is 0 Å². The fraction of sp³-hybridized carbons (Fsp3) is 0.667. The van der Waals surface area contributed by atoms with E-state index in [0.717, 1.165) is 31.4 Å². The average Bonchev–Trinajstić information content (AvgIpc) is 2.66. The third-order valence-electron chi connectivity index (χ3n) is 3.56. The largest absolute Gasteiger partial charge is 0.395 e. The monoisotopic (exact) mass is 252 g/mol. The van der Waals surface area contributed by atoms with E-state index in [1.165, 1.54) is 0 Å². The van der Waals surface area contributed by atoms with Crippen LogP contribution in [0.15, 0.2) is 0 Å². The Hall–Kier alpha value is -1.56. The van der Waals surface area contributed by atoms with Crippen molar-refractivity contribution in [1.82, 2.24) is 15.1 Å². The molecule has 18 heavy (non-hydrogen) atoms. The van der Waals surface area contributed by atoms with E-state index < -0.39 is 0 Å². The van der Waals surface area contributed by atoms with Gasteiger partial charge >= 0.3 is 0 Å². The van der Waals surface area contributed by atoms with Crippen LogP contribution >= 0.6 is 0 Å². The summed E-state index contributed by atoms with van der Waals surface area (Å²) in [5, 5.41) is 15.9. The van der Waals surface area contributed by atoms with Crippen molar-refractivity contribution in [2.45, 2.75) is 38.6 Å². The summed E-state index contributed by atoms with van der Waals surface area (Å²) < 4.78 is 0. The molecule has 100 valence electrons. The van der Waals surface area contributed by atoms with Crippen LogP contribution in [0.3, 0.4) is 0 Å². The van der Waals surface area contributed by atoms with Gasteiger partial charge < -0.3 is 15.7 Å². The molecule has 0 saturated heterocycles. The summed E-state index contributed by atoms with van der Waals surface area (Å²) in [4.78, 5) is 14.1. The van der Waals surface area contributed by atoms with Gasteiger partial charge in [0.05, 0.1) is 18.0 Å². The molecule has 0 aromatic carbocycles. The molecule has 1 aromatic rings. The fourth-order valence-corrected chi connectivity index (χ4v) is 2.21. The zero-order valence-corrected chi connectivity index (χ0v) is 10.6. The van der Waals surface area contributed by atoms with Gasteiger partial charge in [-0.2, -0.15) is 5.10 Å². The quantitative estimate of drug-likeness (QED) is 0.712. The van der Waals surface area contributed by atoms with Crippen LogP contribution in [0, 0.1) is 0 Å². The van der Waals surface area contributed by atoms with Crippen LogP contribution in [0.5, 0.6) is 0 Å². The number of aromatic amines is 1. The molecule has 1 heterocycles. The molecule has 1 aliphatic carbocycles. The lowest BCUT2D eigenvalue weighted by Crippen LogP contribution is -2.46. The van der Waals surface area contributed by atoms with Gasteiger partial charge in [-0.05, 0) is 25.7 Å². The predicted octanol–water partition coefficient (Wildman–Crippen LogP) is 0.541. The van der Waals surface area contributed by atoms with Crippen LogP contribution in [0.2, 0.25) is 0 Å². The van der Waals surface area contributed by atoms with Crippen molar-refractivity contribution < 1.29 is 9.90 Å². The number of nitrogens with two attached hydrogens (primary N) is 1. The predicted molar refractivity (Wildman–Crippen MR) is 68.1 cm³/mol. The molecule has 6 nitrogen and oxygen atoms in total. The smallest absolute Gasteiger partial charge is 0.276 e. The molecular formula is C12H20N4O2. The second kappa shape index (κ2) is 5.39. The van der Waals surface area contributed by atoms with Gasteiger partial charge in [0.25, 0.3) is 5.91 Å². The molecule has 1 aromatic heterocycles. The van der Waals surface area contributed by atoms with Crippen LogP contribution in [-0.2, 0) is 6.42 Å². The number of H-pyrrole nitrogens is 1. The minimum atomic E-state index is -0.179. The molecule has 1 saturated carbocycles. The molecule has 1 amide bonds. The Labute approximate surface area is 106 Å². The van der Waals surface area contributed by atoms with E-state index in [2.05, 4.69) is 10.2 Å². The molecule has 2 rings (SSSR count). The van der Waals surface area contributed by atoms with Crippen LogP contribution in [0.4, 0.5) is 5.69 Å². The Balaban J connectivity index is 2.18. The number of carbonyl (C=O) groups excluding carboxylic acids is 1. The second-order valence-electron chi connectivity index (χ2n) is 4.62. The summed E-state index contributed by atoms with van der Waals surface area (Å²) in [6.07, 6.45) is 3.85. The van der Waals surface area contributed by atoms with Crippen molar-refractivity contribution in [3.05, 3.63) is 11.4 Å². The van der Waals surface area contributed by atoms with E-state index in [1.54, 1.807) is 4.90 Å². The number of nitrogens with zero attached hydrogens (tertiary/aromatic N) is 2. The number of aliphatic hydroxyl groups excluding tert-OH is 1. The number of rotatable bonds is 5. The first-order chi connectivity index (χ1) is 8.69. The zero-order chi connectivity index (χ0) is 13.1. The van der Waals surface area contributed by atoms with Crippen LogP contribution < -0.4 is 5.73 Å². The maximum absolute atomic E-state index is 12.4. The van der Waals surface area contributed by atoms with Gasteiger partial charge in [-0.15, -0.1) is 0 Å². The molecule has 1 aliphatic rings. The van der Waals surface area contributed by atoms with Gasteiger partial charge in [-0.3, -0.25) is 9.89 Å². The Bertz CT molecular complexity index is 426. The number of carbonyl (C=O) groups is 1. The first-order valence-corrected chi connectivity index (χ1v) is 6.43. The minimum absolute atomic E-state index is 0.0345. The number of aryl methyl sites for hydroxylation is 1. The molecule has 0 atom stereocenters. The topological polar surface area (TPSA) is 95.2 Å². The third-order valence-corrected chi connectivity index (χ3v) is 3.56. The lowest BCUT2D eigenvalue weighted by Gasteiger charge is -2.36. The molecule has 0 aliphatic heterocycles. The summed E-state index contributed by atoms with van der Waals surface area (Å²) in [6, 6.07) is 0.228. The van der Waals surface area contributed by atoms with Crippen molar-refractivity contribution >= 4 is 11.6 Å². The Morgan fingerprint density at radius 3 is 2.78 bits per heavy atom. The highest BCUT2D eigenvalue weighted by Gasteiger charge is 2.31. The fourth-order valence-electron chi connectivity index (χ4n) is 2.21. The van der Waals surface area contributed by atoms with Gasteiger partial charge in [0, 0.05) is 12.6 Å². The third kappa shape index (κ3) is 2.20. The van der Waals surface area contributed by atoms with E-state index in [1.807, 2.05) is 6.92 Å².